The van der Waals surface area contributed by atoms with Crippen LogP contribution in [0, 0.1) is 5.41 Å². The van der Waals surface area contributed by atoms with Crippen molar-refractivity contribution in [3.63, 3.8) is 0 Å². The lowest BCUT2D eigenvalue weighted by molar-refractivity contribution is -0.141. The highest BCUT2D eigenvalue weighted by atomic mass is 32.2. The summed E-state index contributed by atoms with van der Waals surface area (Å²) in [4.78, 5) is 20.1. The summed E-state index contributed by atoms with van der Waals surface area (Å²) in [5.41, 5.74) is 9.72. The Bertz CT molecular complexity index is 413. The molecule has 9 nitrogen and oxygen atoms in total. The van der Waals surface area contributed by atoms with Crippen LogP contribution in [0.2, 0.25) is 0 Å². The second-order valence-electron chi connectivity index (χ2n) is 4.88. The van der Waals surface area contributed by atoms with Crippen molar-refractivity contribution in [3.8, 4) is 0 Å². The first kappa shape index (κ1) is 20.1. The van der Waals surface area contributed by atoms with Gasteiger partial charge >= 0.3 is 11.9 Å². The second kappa shape index (κ2) is 7.38. The summed E-state index contributed by atoms with van der Waals surface area (Å²) in [5, 5.41) is 16.4. The van der Waals surface area contributed by atoms with Gasteiger partial charge in [0.15, 0.2) is 0 Å². The number of hydrogen-bond donors (Lipinski definition) is 5. The summed E-state index contributed by atoms with van der Waals surface area (Å²) < 4.78 is 28.0. The van der Waals surface area contributed by atoms with Crippen molar-refractivity contribution in [1.29, 1.82) is 0 Å². The normalized spacial score (nSPS) is 14.8. The van der Waals surface area contributed by atoms with Gasteiger partial charge in [0.2, 0.25) is 0 Å². The third-order valence-corrected chi connectivity index (χ3v) is 2.69. The van der Waals surface area contributed by atoms with E-state index in [2.05, 4.69) is 0 Å². The minimum absolute atomic E-state index is 0.341. The van der Waals surface area contributed by atoms with Gasteiger partial charge < -0.3 is 21.7 Å². The van der Waals surface area contributed by atoms with E-state index in [1.54, 1.807) is 20.8 Å². The molecule has 0 aromatic carbocycles. The van der Waals surface area contributed by atoms with Gasteiger partial charge in [-0.3, -0.25) is 14.1 Å². The molecule has 0 bridgehead atoms. The van der Waals surface area contributed by atoms with Crippen LogP contribution in [-0.4, -0.2) is 53.0 Å². The predicted molar refractivity (Wildman–Crippen MR) is 67.1 cm³/mol. The molecule has 0 rings (SSSR count). The molecule has 7 N–H and O–H groups in total. The molecular weight excluding hydrogens is 280 g/mol. The third kappa shape index (κ3) is 11.6. The van der Waals surface area contributed by atoms with Crippen molar-refractivity contribution in [1.82, 2.24) is 0 Å². The maximum Gasteiger partial charge on any atom is 0.321 e. The summed E-state index contributed by atoms with van der Waals surface area (Å²) >= 11 is 0. The van der Waals surface area contributed by atoms with Crippen LogP contribution in [0.3, 0.4) is 0 Å². The first-order valence-corrected chi connectivity index (χ1v) is 6.71. The van der Waals surface area contributed by atoms with Crippen molar-refractivity contribution in [2.24, 2.45) is 16.9 Å². The number of hydrogen-bond acceptors (Lipinski definition) is 6. The van der Waals surface area contributed by atoms with Crippen molar-refractivity contribution in [2.75, 3.05) is 5.75 Å². The first-order chi connectivity index (χ1) is 8.18. The van der Waals surface area contributed by atoms with E-state index < -0.39 is 39.9 Å². The van der Waals surface area contributed by atoms with E-state index in [0.29, 0.717) is 0 Å². The van der Waals surface area contributed by atoms with Gasteiger partial charge in [-0.25, -0.2) is 0 Å². The van der Waals surface area contributed by atoms with Crippen molar-refractivity contribution >= 4 is 22.1 Å². The lowest BCUT2D eigenvalue weighted by Gasteiger charge is -2.22. The van der Waals surface area contributed by atoms with Crippen LogP contribution in [0.4, 0.5) is 0 Å². The molecule has 0 aromatic rings. The van der Waals surface area contributed by atoms with E-state index in [0.717, 1.165) is 0 Å². The molecular formula is C9H20N2O7S. The van der Waals surface area contributed by atoms with E-state index in [9.17, 15) is 18.0 Å². The second-order valence-corrected chi connectivity index (χ2v) is 6.37. The molecule has 114 valence electrons. The van der Waals surface area contributed by atoms with E-state index in [1.807, 2.05) is 0 Å². The molecule has 0 saturated carbocycles. The Morgan fingerprint density at radius 2 is 1.47 bits per heavy atom. The quantitative estimate of drug-likeness (QED) is 0.395. The molecule has 0 spiro atoms. The highest BCUT2D eigenvalue weighted by Gasteiger charge is 2.26. The van der Waals surface area contributed by atoms with E-state index >= 15 is 0 Å². The number of aliphatic carboxylic acids is 2. The van der Waals surface area contributed by atoms with Crippen LogP contribution < -0.4 is 11.5 Å². The molecule has 0 saturated heterocycles. The molecule has 0 heterocycles. The fraction of sp³-hybridized carbons (Fsp3) is 0.778. The molecule has 0 aromatic heterocycles. The van der Waals surface area contributed by atoms with Crippen molar-refractivity contribution in [3.05, 3.63) is 0 Å². The summed E-state index contributed by atoms with van der Waals surface area (Å²) in [7, 11) is -4.27. The minimum atomic E-state index is -4.27. The third-order valence-electron chi connectivity index (χ3n) is 1.91. The van der Waals surface area contributed by atoms with Gasteiger partial charge in [-0.2, -0.15) is 8.42 Å². The molecule has 2 unspecified atom stereocenters. The maximum absolute atomic E-state index is 10.2. The molecule has 10 heteroatoms. The predicted octanol–water partition coefficient (Wildman–Crippen LogP) is -1.27. The van der Waals surface area contributed by atoms with Crippen LogP contribution in [-0.2, 0) is 19.7 Å². The van der Waals surface area contributed by atoms with Gasteiger partial charge in [0.1, 0.15) is 17.8 Å². The molecule has 0 aliphatic carbocycles. The van der Waals surface area contributed by atoms with Crippen LogP contribution in [0.1, 0.15) is 20.8 Å². The van der Waals surface area contributed by atoms with Gasteiger partial charge in [-0.05, 0) is 5.41 Å². The largest absolute Gasteiger partial charge is 0.480 e. The zero-order chi connectivity index (χ0) is 16.0. The SMILES string of the molecule is CC(C)(C)C(N)C(=O)O.NC(CS(=O)(=O)O)C(=O)O. The highest BCUT2D eigenvalue weighted by molar-refractivity contribution is 7.85. The van der Waals surface area contributed by atoms with E-state index in [4.69, 9.17) is 26.2 Å². The summed E-state index contributed by atoms with van der Waals surface area (Å²) in [6, 6.07) is -2.33. The number of carboxylic acid groups (broad SMARTS) is 2. The Balaban J connectivity index is 0. The van der Waals surface area contributed by atoms with Gasteiger partial charge in [-0.1, -0.05) is 20.8 Å². The van der Waals surface area contributed by atoms with Crippen LogP contribution >= 0.6 is 0 Å². The standard InChI is InChI=1S/C6H13NO2.C3H7NO5S/c1-6(2,3)4(7)5(8)9;4-2(3(5)6)1-10(7,8)9/h4H,7H2,1-3H3,(H,8,9);2H,1,4H2,(H,5,6)(H,7,8,9). The summed E-state index contributed by atoms with van der Waals surface area (Å²) in [5.74, 6) is -3.36. The van der Waals surface area contributed by atoms with Crippen LogP contribution in [0.15, 0.2) is 0 Å². The number of rotatable bonds is 4. The molecule has 2 atom stereocenters. The van der Waals surface area contributed by atoms with Crippen LogP contribution in [0.25, 0.3) is 0 Å². The van der Waals surface area contributed by atoms with Crippen molar-refractivity contribution < 1.29 is 32.8 Å². The molecule has 0 aliphatic rings. The number of nitrogens with two attached hydrogens (primary N) is 2. The maximum atomic E-state index is 10.2. The molecule has 19 heavy (non-hydrogen) atoms. The Kier molecular flexibility index (Phi) is 7.81. The monoisotopic (exact) mass is 300 g/mol. The Morgan fingerprint density at radius 1 is 1.11 bits per heavy atom. The average molecular weight is 300 g/mol. The lowest BCUT2D eigenvalue weighted by atomic mass is 9.88. The van der Waals surface area contributed by atoms with Crippen LogP contribution in [0.5, 0.6) is 0 Å². The number of carbonyl (C=O) groups is 2. The Hall–Kier alpha value is -1.23. The highest BCUT2D eigenvalue weighted by Crippen LogP contribution is 2.16. The number of carboxylic acids is 2. The Labute approximate surface area is 111 Å². The molecule has 0 aliphatic heterocycles. The van der Waals surface area contributed by atoms with Gasteiger partial charge in [0.05, 0.1) is 0 Å². The topological polar surface area (TPSA) is 181 Å². The lowest BCUT2D eigenvalue weighted by Crippen LogP contribution is -2.41. The smallest absolute Gasteiger partial charge is 0.321 e. The van der Waals surface area contributed by atoms with E-state index in [1.165, 1.54) is 0 Å². The Morgan fingerprint density at radius 3 is 1.53 bits per heavy atom. The van der Waals surface area contributed by atoms with E-state index in [-0.39, 0.29) is 5.41 Å². The summed E-state index contributed by atoms with van der Waals surface area (Å²) in [6.07, 6.45) is 0. The summed E-state index contributed by atoms with van der Waals surface area (Å²) in [6.45, 7) is 5.39. The van der Waals surface area contributed by atoms with Gasteiger partial charge in [0, 0.05) is 0 Å². The fourth-order valence-electron chi connectivity index (χ4n) is 0.669. The van der Waals surface area contributed by atoms with Crippen molar-refractivity contribution in [2.45, 2.75) is 32.9 Å². The first-order valence-electron chi connectivity index (χ1n) is 5.10. The molecule has 0 radical (unpaired) electrons. The van der Waals surface area contributed by atoms with Gasteiger partial charge in [0.25, 0.3) is 10.1 Å². The van der Waals surface area contributed by atoms with Gasteiger partial charge in [-0.15, -0.1) is 0 Å². The zero-order valence-corrected chi connectivity index (χ0v) is 11.7. The zero-order valence-electron chi connectivity index (χ0n) is 10.9. The fourth-order valence-corrected chi connectivity index (χ4v) is 1.27. The average Bonchev–Trinajstić information content (AvgIpc) is 2.13. The molecule has 0 amide bonds. The minimum Gasteiger partial charge on any atom is -0.480 e. The molecule has 0 fully saturated rings.